The highest BCUT2D eigenvalue weighted by atomic mass is 32.2. The second-order valence-corrected chi connectivity index (χ2v) is 8.45. The number of rotatable bonds is 4. The second-order valence-electron chi connectivity index (χ2n) is 6.17. The minimum absolute atomic E-state index is 0.0285. The molecule has 1 saturated carbocycles. The molecule has 122 valence electrons. The molecular formula is C17H25NO3S. The zero-order valence-corrected chi connectivity index (χ0v) is 14.4. The first-order chi connectivity index (χ1) is 10.4. The van der Waals surface area contributed by atoms with Crippen LogP contribution in [-0.4, -0.2) is 38.1 Å². The zero-order chi connectivity index (χ0) is 16.3. The monoisotopic (exact) mass is 323 g/mol. The third kappa shape index (κ3) is 3.51. The van der Waals surface area contributed by atoms with E-state index >= 15 is 0 Å². The quantitative estimate of drug-likeness (QED) is 0.855. The van der Waals surface area contributed by atoms with E-state index in [2.05, 4.69) is 6.92 Å². The smallest absolute Gasteiger partial charge is 0.253 e. The standard InChI is InChI=1S/C17H25NO3S/c1-4-22(20,21)15-11-9-14(10-12-15)17(19)18(3)16-8-6-5-7-13(16)2/h9-13,16H,4-8H2,1-3H3/t13-,16-/m1/s1. The fourth-order valence-electron chi connectivity index (χ4n) is 3.20. The van der Waals surface area contributed by atoms with Gasteiger partial charge in [-0.15, -0.1) is 0 Å². The Labute approximate surface area is 133 Å². The highest BCUT2D eigenvalue weighted by Crippen LogP contribution is 2.28. The Morgan fingerprint density at radius 1 is 1.18 bits per heavy atom. The molecule has 0 unspecified atom stereocenters. The molecule has 5 heteroatoms. The molecule has 0 radical (unpaired) electrons. The summed E-state index contributed by atoms with van der Waals surface area (Å²) >= 11 is 0. The van der Waals surface area contributed by atoms with Crippen molar-refractivity contribution >= 4 is 15.7 Å². The average Bonchev–Trinajstić information content (AvgIpc) is 2.54. The van der Waals surface area contributed by atoms with Gasteiger partial charge in [-0.05, 0) is 43.0 Å². The topological polar surface area (TPSA) is 54.5 Å². The maximum Gasteiger partial charge on any atom is 0.253 e. The van der Waals surface area contributed by atoms with Gasteiger partial charge in [0.05, 0.1) is 10.6 Å². The Balaban J connectivity index is 2.15. The first-order valence-corrected chi connectivity index (χ1v) is 9.62. The van der Waals surface area contributed by atoms with Crippen molar-refractivity contribution in [1.29, 1.82) is 0 Å². The fraction of sp³-hybridized carbons (Fsp3) is 0.588. The van der Waals surface area contributed by atoms with Crippen molar-refractivity contribution in [3.63, 3.8) is 0 Å². The number of hydrogen-bond donors (Lipinski definition) is 0. The molecule has 1 aromatic carbocycles. The molecule has 0 N–H and O–H groups in total. The van der Waals surface area contributed by atoms with Crippen LogP contribution in [0.2, 0.25) is 0 Å². The molecule has 0 saturated heterocycles. The molecule has 4 nitrogen and oxygen atoms in total. The van der Waals surface area contributed by atoms with Gasteiger partial charge in [0.15, 0.2) is 9.84 Å². The summed E-state index contributed by atoms with van der Waals surface area (Å²) in [6.45, 7) is 3.82. The van der Waals surface area contributed by atoms with Gasteiger partial charge in [-0.2, -0.15) is 0 Å². The van der Waals surface area contributed by atoms with E-state index in [0.717, 1.165) is 12.8 Å². The number of benzene rings is 1. The van der Waals surface area contributed by atoms with Crippen LogP contribution in [0.5, 0.6) is 0 Å². The molecule has 1 fully saturated rings. The lowest BCUT2D eigenvalue weighted by molar-refractivity contribution is 0.0629. The summed E-state index contributed by atoms with van der Waals surface area (Å²) in [7, 11) is -1.36. The molecule has 1 amide bonds. The largest absolute Gasteiger partial charge is 0.338 e. The van der Waals surface area contributed by atoms with Crippen molar-refractivity contribution in [2.75, 3.05) is 12.8 Å². The van der Waals surface area contributed by atoms with Gasteiger partial charge >= 0.3 is 0 Å². The van der Waals surface area contributed by atoms with Gasteiger partial charge in [0.2, 0.25) is 0 Å². The molecular weight excluding hydrogens is 298 g/mol. The summed E-state index contributed by atoms with van der Waals surface area (Å²) in [4.78, 5) is 14.7. The molecule has 1 aliphatic carbocycles. The van der Waals surface area contributed by atoms with Crippen LogP contribution >= 0.6 is 0 Å². The van der Waals surface area contributed by atoms with E-state index in [1.807, 2.05) is 11.9 Å². The minimum Gasteiger partial charge on any atom is -0.338 e. The van der Waals surface area contributed by atoms with Gasteiger partial charge in [0, 0.05) is 18.7 Å². The van der Waals surface area contributed by atoms with Gasteiger partial charge < -0.3 is 4.90 Å². The van der Waals surface area contributed by atoms with E-state index < -0.39 is 9.84 Å². The van der Waals surface area contributed by atoms with E-state index in [4.69, 9.17) is 0 Å². The van der Waals surface area contributed by atoms with E-state index in [1.165, 1.54) is 25.0 Å². The Morgan fingerprint density at radius 3 is 2.32 bits per heavy atom. The third-order valence-corrected chi connectivity index (χ3v) is 6.47. The van der Waals surface area contributed by atoms with Crippen molar-refractivity contribution in [3.8, 4) is 0 Å². The van der Waals surface area contributed by atoms with Crippen molar-refractivity contribution < 1.29 is 13.2 Å². The van der Waals surface area contributed by atoms with Crippen LogP contribution in [0.1, 0.15) is 49.9 Å². The zero-order valence-electron chi connectivity index (χ0n) is 13.6. The number of hydrogen-bond acceptors (Lipinski definition) is 3. The lowest BCUT2D eigenvalue weighted by Crippen LogP contribution is -2.42. The summed E-state index contributed by atoms with van der Waals surface area (Å²) < 4.78 is 23.6. The molecule has 0 heterocycles. The summed E-state index contributed by atoms with van der Waals surface area (Å²) in [6.07, 6.45) is 4.62. The van der Waals surface area contributed by atoms with Crippen molar-refractivity contribution in [2.45, 2.75) is 50.5 Å². The molecule has 0 aliphatic heterocycles. The first kappa shape index (κ1) is 17.0. The number of nitrogens with zero attached hydrogens (tertiary/aromatic N) is 1. The Hall–Kier alpha value is -1.36. The molecule has 2 atom stereocenters. The fourth-order valence-corrected chi connectivity index (χ4v) is 4.08. The van der Waals surface area contributed by atoms with Crippen LogP contribution in [0, 0.1) is 5.92 Å². The SMILES string of the molecule is CCS(=O)(=O)c1ccc(C(=O)N(C)[C@@H]2CCCC[C@H]2C)cc1. The third-order valence-electron chi connectivity index (χ3n) is 4.72. The lowest BCUT2D eigenvalue weighted by Gasteiger charge is -2.36. The predicted octanol–water partition coefficient (Wildman–Crippen LogP) is 3.13. The van der Waals surface area contributed by atoms with Gasteiger partial charge in [0.25, 0.3) is 5.91 Å². The van der Waals surface area contributed by atoms with E-state index in [0.29, 0.717) is 11.5 Å². The van der Waals surface area contributed by atoms with Gasteiger partial charge in [-0.3, -0.25) is 4.79 Å². The molecule has 1 aromatic rings. The van der Waals surface area contributed by atoms with Crippen molar-refractivity contribution in [1.82, 2.24) is 4.90 Å². The summed E-state index contributed by atoms with van der Waals surface area (Å²) in [5, 5.41) is 0. The second kappa shape index (κ2) is 6.82. The molecule has 22 heavy (non-hydrogen) atoms. The number of carbonyl (C=O) groups excluding carboxylic acids is 1. The van der Waals surface area contributed by atoms with Crippen LogP contribution in [-0.2, 0) is 9.84 Å². The average molecular weight is 323 g/mol. The molecule has 0 aromatic heterocycles. The summed E-state index contributed by atoms with van der Waals surface area (Å²) in [5.74, 6) is 0.557. The van der Waals surface area contributed by atoms with Gasteiger partial charge in [-0.1, -0.05) is 26.7 Å². The Morgan fingerprint density at radius 2 is 1.77 bits per heavy atom. The highest BCUT2D eigenvalue weighted by molar-refractivity contribution is 7.91. The van der Waals surface area contributed by atoms with Crippen LogP contribution in [0.4, 0.5) is 0 Å². The highest BCUT2D eigenvalue weighted by Gasteiger charge is 2.28. The van der Waals surface area contributed by atoms with Gasteiger partial charge in [0.1, 0.15) is 0 Å². The van der Waals surface area contributed by atoms with Crippen LogP contribution in [0.15, 0.2) is 29.2 Å². The van der Waals surface area contributed by atoms with Crippen molar-refractivity contribution in [2.24, 2.45) is 5.92 Å². The maximum atomic E-state index is 12.6. The first-order valence-electron chi connectivity index (χ1n) is 7.96. The number of amides is 1. The summed E-state index contributed by atoms with van der Waals surface area (Å²) in [6, 6.07) is 6.58. The molecule has 0 bridgehead atoms. The van der Waals surface area contributed by atoms with Gasteiger partial charge in [-0.25, -0.2) is 8.42 Å². The summed E-state index contributed by atoms with van der Waals surface area (Å²) in [5.41, 5.74) is 0.551. The van der Waals surface area contributed by atoms with Crippen LogP contribution < -0.4 is 0 Å². The van der Waals surface area contributed by atoms with Crippen LogP contribution in [0.3, 0.4) is 0 Å². The lowest BCUT2D eigenvalue weighted by atomic mass is 9.85. The molecule has 1 aliphatic rings. The van der Waals surface area contributed by atoms with Crippen molar-refractivity contribution in [3.05, 3.63) is 29.8 Å². The normalized spacial score (nSPS) is 22.3. The predicted molar refractivity (Wildman–Crippen MR) is 87.7 cm³/mol. The van der Waals surface area contributed by atoms with Crippen LogP contribution in [0.25, 0.3) is 0 Å². The molecule has 0 spiro atoms. The molecule has 2 rings (SSSR count). The minimum atomic E-state index is -3.22. The van der Waals surface area contributed by atoms with E-state index in [1.54, 1.807) is 19.1 Å². The number of carbonyl (C=O) groups is 1. The number of sulfone groups is 1. The Kier molecular flexibility index (Phi) is 5.27. The van der Waals surface area contributed by atoms with E-state index in [-0.39, 0.29) is 22.6 Å². The van der Waals surface area contributed by atoms with E-state index in [9.17, 15) is 13.2 Å². The Bertz CT molecular complexity index is 622. The maximum absolute atomic E-state index is 12.6.